The van der Waals surface area contributed by atoms with Gasteiger partial charge in [0, 0.05) is 30.9 Å². The zero-order valence-corrected chi connectivity index (χ0v) is 13.6. The monoisotopic (exact) mass is 311 g/mol. The third kappa shape index (κ3) is 4.32. The maximum Gasteiger partial charge on any atom is 0.269 e. The second-order valence-electron chi connectivity index (χ2n) is 5.40. The number of amides is 2. The third-order valence-electron chi connectivity index (χ3n) is 3.56. The summed E-state index contributed by atoms with van der Waals surface area (Å²) in [4.78, 5) is 26.0. The van der Waals surface area contributed by atoms with Gasteiger partial charge < -0.3 is 4.90 Å². The van der Waals surface area contributed by atoms with E-state index in [0.29, 0.717) is 11.1 Å². The first-order chi connectivity index (χ1) is 11.0. The minimum absolute atomic E-state index is 0.342. The summed E-state index contributed by atoms with van der Waals surface area (Å²) in [6, 6.07) is 14.4. The normalized spacial score (nSPS) is 10.0. The minimum atomic E-state index is -0.353. The quantitative estimate of drug-likeness (QED) is 0.852. The molecule has 0 saturated carbocycles. The Kier molecular flexibility index (Phi) is 5.36. The number of hydrogen-bond acceptors (Lipinski definition) is 3. The summed E-state index contributed by atoms with van der Waals surface area (Å²) in [5.41, 5.74) is 7.99. The first kappa shape index (κ1) is 16.5. The smallest absolute Gasteiger partial charge is 0.269 e. The largest absolute Gasteiger partial charge is 0.378 e. The fourth-order valence-electron chi connectivity index (χ4n) is 2.06. The van der Waals surface area contributed by atoms with E-state index in [4.69, 9.17) is 0 Å². The van der Waals surface area contributed by atoms with E-state index in [1.807, 2.05) is 43.3 Å². The van der Waals surface area contributed by atoms with Crippen LogP contribution in [-0.2, 0) is 6.42 Å². The van der Waals surface area contributed by atoms with Crippen LogP contribution in [0.5, 0.6) is 0 Å². The molecular weight excluding hydrogens is 290 g/mol. The Morgan fingerprint density at radius 1 is 0.826 bits per heavy atom. The highest BCUT2D eigenvalue weighted by Crippen LogP contribution is 2.12. The number of hydrazine groups is 1. The van der Waals surface area contributed by atoms with Crippen molar-refractivity contribution < 1.29 is 9.59 Å². The van der Waals surface area contributed by atoms with E-state index in [1.54, 1.807) is 24.3 Å². The third-order valence-corrected chi connectivity index (χ3v) is 3.56. The van der Waals surface area contributed by atoms with Crippen LogP contribution in [0.4, 0.5) is 5.69 Å². The molecule has 120 valence electrons. The number of nitrogens with zero attached hydrogens (tertiary/aromatic N) is 1. The lowest BCUT2D eigenvalue weighted by Crippen LogP contribution is -2.41. The Bertz CT molecular complexity index is 676. The van der Waals surface area contributed by atoms with Crippen molar-refractivity contribution in [3.05, 3.63) is 65.2 Å². The van der Waals surface area contributed by atoms with Crippen molar-refractivity contribution in [2.24, 2.45) is 0 Å². The maximum atomic E-state index is 12.0. The molecule has 0 radical (unpaired) electrons. The van der Waals surface area contributed by atoms with Crippen molar-refractivity contribution in [1.29, 1.82) is 0 Å². The van der Waals surface area contributed by atoms with E-state index in [2.05, 4.69) is 17.8 Å². The highest BCUT2D eigenvalue weighted by Gasteiger charge is 2.09. The van der Waals surface area contributed by atoms with Gasteiger partial charge in [-0.2, -0.15) is 0 Å². The van der Waals surface area contributed by atoms with E-state index in [0.717, 1.165) is 17.7 Å². The molecule has 23 heavy (non-hydrogen) atoms. The van der Waals surface area contributed by atoms with Gasteiger partial charge in [-0.15, -0.1) is 0 Å². The highest BCUT2D eigenvalue weighted by atomic mass is 16.2. The van der Waals surface area contributed by atoms with Gasteiger partial charge in [0.25, 0.3) is 11.8 Å². The lowest BCUT2D eigenvalue weighted by Gasteiger charge is -2.13. The fourth-order valence-corrected chi connectivity index (χ4v) is 2.06. The molecule has 0 aliphatic rings. The first-order valence-electron chi connectivity index (χ1n) is 7.48. The fraction of sp³-hybridized carbons (Fsp3) is 0.222. The van der Waals surface area contributed by atoms with Gasteiger partial charge in [0.1, 0.15) is 0 Å². The van der Waals surface area contributed by atoms with Gasteiger partial charge in [-0.05, 0) is 48.4 Å². The van der Waals surface area contributed by atoms with E-state index in [-0.39, 0.29) is 11.8 Å². The van der Waals surface area contributed by atoms with Crippen LogP contribution in [0, 0.1) is 0 Å². The molecule has 0 atom stereocenters. The highest BCUT2D eigenvalue weighted by molar-refractivity contribution is 5.99. The van der Waals surface area contributed by atoms with E-state index >= 15 is 0 Å². The van der Waals surface area contributed by atoms with Gasteiger partial charge in [0.2, 0.25) is 0 Å². The zero-order valence-electron chi connectivity index (χ0n) is 13.6. The van der Waals surface area contributed by atoms with Gasteiger partial charge in [0.15, 0.2) is 0 Å². The number of carbonyl (C=O) groups excluding carboxylic acids is 2. The first-order valence-corrected chi connectivity index (χ1v) is 7.48. The van der Waals surface area contributed by atoms with E-state index in [1.165, 1.54) is 0 Å². The molecule has 0 aromatic heterocycles. The molecule has 0 aliphatic carbocycles. The Labute approximate surface area is 136 Å². The molecule has 2 aromatic carbocycles. The standard InChI is InChI=1S/C18H21N3O2/c1-4-13-5-7-14(8-6-13)17(22)19-20-18(23)15-9-11-16(12-10-15)21(2)3/h5-12H,4H2,1-3H3,(H,19,22)(H,20,23). The van der Waals surface area contributed by atoms with Crippen LogP contribution in [0.25, 0.3) is 0 Å². The van der Waals surface area contributed by atoms with Crippen LogP contribution in [-0.4, -0.2) is 25.9 Å². The number of carbonyl (C=O) groups is 2. The van der Waals surface area contributed by atoms with Crippen LogP contribution in [0.15, 0.2) is 48.5 Å². The summed E-state index contributed by atoms with van der Waals surface area (Å²) in [7, 11) is 3.86. The molecule has 0 aliphatic heterocycles. The number of hydrogen-bond donors (Lipinski definition) is 2. The molecule has 0 spiro atoms. The van der Waals surface area contributed by atoms with Crippen LogP contribution in [0.1, 0.15) is 33.2 Å². The number of rotatable bonds is 4. The van der Waals surface area contributed by atoms with Crippen molar-refractivity contribution in [2.75, 3.05) is 19.0 Å². The molecule has 5 heteroatoms. The molecule has 0 saturated heterocycles. The average Bonchev–Trinajstić information content (AvgIpc) is 2.59. The molecule has 2 aromatic rings. The summed E-state index contributed by atoms with van der Waals surface area (Å²) in [6.45, 7) is 2.05. The summed E-state index contributed by atoms with van der Waals surface area (Å²) in [6.07, 6.45) is 0.918. The lowest BCUT2D eigenvalue weighted by molar-refractivity contribution is 0.0846. The van der Waals surface area contributed by atoms with Crippen LogP contribution in [0.3, 0.4) is 0 Å². The Morgan fingerprint density at radius 3 is 1.65 bits per heavy atom. The predicted molar refractivity (Wildman–Crippen MR) is 91.5 cm³/mol. The molecule has 0 fully saturated rings. The topological polar surface area (TPSA) is 61.4 Å². The number of nitrogens with one attached hydrogen (secondary N) is 2. The minimum Gasteiger partial charge on any atom is -0.378 e. The predicted octanol–water partition coefficient (Wildman–Crippen LogP) is 2.39. The number of benzene rings is 2. The maximum absolute atomic E-state index is 12.0. The zero-order chi connectivity index (χ0) is 16.8. The van der Waals surface area contributed by atoms with Crippen molar-refractivity contribution in [1.82, 2.24) is 10.9 Å². The Hall–Kier alpha value is -2.82. The second kappa shape index (κ2) is 7.45. The Morgan fingerprint density at radius 2 is 1.26 bits per heavy atom. The molecule has 2 rings (SSSR count). The van der Waals surface area contributed by atoms with Crippen molar-refractivity contribution in [2.45, 2.75) is 13.3 Å². The van der Waals surface area contributed by atoms with Crippen LogP contribution < -0.4 is 15.8 Å². The lowest BCUT2D eigenvalue weighted by atomic mass is 10.1. The molecule has 0 unspecified atom stereocenters. The van der Waals surface area contributed by atoms with Gasteiger partial charge >= 0.3 is 0 Å². The van der Waals surface area contributed by atoms with Gasteiger partial charge in [-0.3, -0.25) is 20.4 Å². The van der Waals surface area contributed by atoms with E-state index < -0.39 is 0 Å². The molecule has 0 bridgehead atoms. The second-order valence-corrected chi connectivity index (χ2v) is 5.40. The van der Waals surface area contributed by atoms with Gasteiger partial charge in [0.05, 0.1) is 0 Å². The number of anilines is 1. The van der Waals surface area contributed by atoms with Gasteiger partial charge in [-0.1, -0.05) is 19.1 Å². The van der Waals surface area contributed by atoms with Gasteiger partial charge in [-0.25, -0.2) is 0 Å². The molecular formula is C18H21N3O2. The molecule has 2 amide bonds. The summed E-state index contributed by atoms with van der Waals surface area (Å²) < 4.78 is 0. The SMILES string of the molecule is CCc1ccc(C(=O)NNC(=O)c2ccc(N(C)C)cc2)cc1. The van der Waals surface area contributed by atoms with Crippen LogP contribution >= 0.6 is 0 Å². The van der Waals surface area contributed by atoms with Crippen molar-refractivity contribution >= 4 is 17.5 Å². The summed E-state index contributed by atoms with van der Waals surface area (Å²) in [5, 5.41) is 0. The summed E-state index contributed by atoms with van der Waals surface area (Å²) >= 11 is 0. The summed E-state index contributed by atoms with van der Waals surface area (Å²) in [5.74, 6) is -0.695. The van der Waals surface area contributed by atoms with E-state index in [9.17, 15) is 9.59 Å². The molecule has 5 nitrogen and oxygen atoms in total. The molecule has 2 N–H and O–H groups in total. The van der Waals surface area contributed by atoms with Crippen molar-refractivity contribution in [3.63, 3.8) is 0 Å². The van der Waals surface area contributed by atoms with Crippen molar-refractivity contribution in [3.8, 4) is 0 Å². The average molecular weight is 311 g/mol. The molecule has 0 heterocycles. The van der Waals surface area contributed by atoms with Crippen LogP contribution in [0.2, 0.25) is 0 Å². The number of aryl methyl sites for hydroxylation is 1. The Balaban J connectivity index is 1.93.